The van der Waals surface area contributed by atoms with Gasteiger partial charge in [0.2, 0.25) is 0 Å². The van der Waals surface area contributed by atoms with Crippen molar-refractivity contribution >= 4 is 16.9 Å². The molecule has 0 aliphatic rings. The molecule has 1 aromatic carbocycles. The summed E-state index contributed by atoms with van der Waals surface area (Å²) >= 11 is 0. The Bertz CT molecular complexity index is 659. The van der Waals surface area contributed by atoms with E-state index in [2.05, 4.69) is 10.3 Å². The number of aromatic nitrogens is 2. The summed E-state index contributed by atoms with van der Waals surface area (Å²) in [6.07, 6.45) is 0. The first-order valence-electron chi connectivity index (χ1n) is 5.77. The SMILES string of the molecule is CC(C)NC(=O)c1nc2ccccc2n(C)c1=O. The predicted octanol–water partition coefficient (Wildman–Crippen LogP) is 1.07. The highest BCUT2D eigenvalue weighted by molar-refractivity contribution is 5.93. The van der Waals surface area contributed by atoms with Gasteiger partial charge in [0, 0.05) is 13.1 Å². The van der Waals surface area contributed by atoms with Crippen molar-refractivity contribution in [3.63, 3.8) is 0 Å². The van der Waals surface area contributed by atoms with Crippen LogP contribution in [-0.2, 0) is 7.05 Å². The average molecular weight is 245 g/mol. The largest absolute Gasteiger partial charge is 0.348 e. The lowest BCUT2D eigenvalue weighted by Crippen LogP contribution is -2.37. The first kappa shape index (κ1) is 12.3. The number of rotatable bonds is 2. The van der Waals surface area contributed by atoms with Gasteiger partial charge in [0.05, 0.1) is 11.0 Å². The van der Waals surface area contributed by atoms with Gasteiger partial charge >= 0.3 is 0 Å². The van der Waals surface area contributed by atoms with Crippen molar-refractivity contribution in [3.05, 3.63) is 40.3 Å². The molecule has 0 aliphatic carbocycles. The molecule has 0 bridgehead atoms. The fraction of sp³-hybridized carbons (Fsp3) is 0.308. The fourth-order valence-electron chi connectivity index (χ4n) is 1.76. The van der Waals surface area contributed by atoms with Gasteiger partial charge in [-0.15, -0.1) is 0 Å². The Labute approximate surface area is 104 Å². The van der Waals surface area contributed by atoms with Crippen molar-refractivity contribution in [3.8, 4) is 0 Å². The normalized spacial score (nSPS) is 10.9. The monoisotopic (exact) mass is 245 g/mol. The minimum atomic E-state index is -0.434. The van der Waals surface area contributed by atoms with E-state index in [0.717, 1.165) is 0 Å². The Hall–Kier alpha value is -2.17. The fourth-order valence-corrected chi connectivity index (χ4v) is 1.76. The highest BCUT2D eigenvalue weighted by Crippen LogP contribution is 2.08. The molecule has 5 nitrogen and oxygen atoms in total. The smallest absolute Gasteiger partial charge is 0.282 e. The van der Waals surface area contributed by atoms with Crippen LogP contribution in [0.1, 0.15) is 24.3 Å². The van der Waals surface area contributed by atoms with Crippen LogP contribution in [0.5, 0.6) is 0 Å². The van der Waals surface area contributed by atoms with Crippen LogP contribution in [0.15, 0.2) is 29.1 Å². The van der Waals surface area contributed by atoms with Crippen molar-refractivity contribution in [1.82, 2.24) is 14.9 Å². The van der Waals surface area contributed by atoms with Crippen molar-refractivity contribution in [2.45, 2.75) is 19.9 Å². The Morgan fingerprint density at radius 3 is 2.67 bits per heavy atom. The molecule has 94 valence electrons. The van der Waals surface area contributed by atoms with Gasteiger partial charge < -0.3 is 9.88 Å². The lowest BCUT2D eigenvalue weighted by Gasteiger charge is -2.10. The summed E-state index contributed by atoms with van der Waals surface area (Å²) in [6.45, 7) is 3.67. The summed E-state index contributed by atoms with van der Waals surface area (Å²) in [7, 11) is 1.64. The standard InChI is InChI=1S/C13H15N3O2/c1-8(2)14-12(17)11-13(18)16(3)10-7-5-4-6-9(10)15-11/h4-8H,1-3H3,(H,14,17). The lowest BCUT2D eigenvalue weighted by molar-refractivity contribution is 0.0936. The van der Waals surface area contributed by atoms with Crippen molar-refractivity contribution in [1.29, 1.82) is 0 Å². The zero-order chi connectivity index (χ0) is 13.3. The summed E-state index contributed by atoms with van der Waals surface area (Å²) in [6, 6.07) is 7.20. The van der Waals surface area contributed by atoms with E-state index >= 15 is 0 Å². The summed E-state index contributed by atoms with van der Waals surface area (Å²) in [5.74, 6) is -0.434. The molecule has 0 atom stereocenters. The number of fused-ring (bicyclic) bond motifs is 1. The van der Waals surface area contributed by atoms with E-state index in [1.807, 2.05) is 26.0 Å². The third-order valence-corrected chi connectivity index (χ3v) is 2.62. The number of hydrogen-bond donors (Lipinski definition) is 1. The number of carbonyl (C=O) groups is 1. The highest BCUT2D eigenvalue weighted by atomic mass is 16.2. The maximum absolute atomic E-state index is 12.0. The van der Waals surface area contributed by atoms with Crippen LogP contribution in [0.25, 0.3) is 11.0 Å². The number of para-hydroxylation sites is 2. The van der Waals surface area contributed by atoms with E-state index in [1.165, 1.54) is 4.57 Å². The molecule has 0 spiro atoms. The van der Waals surface area contributed by atoms with E-state index in [4.69, 9.17) is 0 Å². The topological polar surface area (TPSA) is 64.0 Å². The van der Waals surface area contributed by atoms with Crippen molar-refractivity contribution in [2.75, 3.05) is 0 Å². The molecule has 2 aromatic rings. The second-order valence-corrected chi connectivity index (χ2v) is 4.44. The molecule has 18 heavy (non-hydrogen) atoms. The van der Waals surface area contributed by atoms with Crippen molar-refractivity contribution < 1.29 is 4.79 Å². The van der Waals surface area contributed by atoms with Gasteiger partial charge in [0.15, 0.2) is 5.69 Å². The van der Waals surface area contributed by atoms with Gasteiger partial charge in [-0.2, -0.15) is 0 Å². The number of amides is 1. The molecule has 1 amide bonds. The van der Waals surface area contributed by atoms with Crippen LogP contribution in [0, 0.1) is 0 Å². The molecule has 0 saturated heterocycles. The number of hydrogen-bond acceptors (Lipinski definition) is 3. The molecular formula is C13H15N3O2. The molecule has 0 unspecified atom stereocenters. The molecule has 0 fully saturated rings. The third-order valence-electron chi connectivity index (χ3n) is 2.62. The van der Waals surface area contributed by atoms with Gasteiger partial charge in [0.25, 0.3) is 11.5 Å². The number of benzene rings is 1. The van der Waals surface area contributed by atoms with Gasteiger partial charge in [-0.05, 0) is 26.0 Å². The molecule has 1 heterocycles. The second-order valence-electron chi connectivity index (χ2n) is 4.44. The first-order chi connectivity index (χ1) is 8.50. The summed E-state index contributed by atoms with van der Waals surface area (Å²) in [4.78, 5) is 28.1. The van der Waals surface area contributed by atoms with E-state index in [0.29, 0.717) is 11.0 Å². The highest BCUT2D eigenvalue weighted by Gasteiger charge is 2.16. The van der Waals surface area contributed by atoms with E-state index in [1.54, 1.807) is 19.2 Å². The van der Waals surface area contributed by atoms with Crippen LogP contribution in [0.3, 0.4) is 0 Å². The Balaban J connectivity index is 2.62. The van der Waals surface area contributed by atoms with Crippen LogP contribution < -0.4 is 10.9 Å². The molecule has 0 radical (unpaired) electrons. The third kappa shape index (κ3) is 2.11. The minimum Gasteiger partial charge on any atom is -0.348 e. The molecular weight excluding hydrogens is 230 g/mol. The van der Waals surface area contributed by atoms with Gasteiger partial charge in [0.1, 0.15) is 0 Å². The van der Waals surface area contributed by atoms with Crippen LogP contribution in [0.2, 0.25) is 0 Å². The molecule has 5 heteroatoms. The molecule has 2 rings (SSSR count). The van der Waals surface area contributed by atoms with Gasteiger partial charge in [-0.25, -0.2) is 4.98 Å². The predicted molar refractivity (Wildman–Crippen MR) is 69.6 cm³/mol. The molecule has 0 saturated carbocycles. The summed E-state index contributed by atoms with van der Waals surface area (Å²) in [5.41, 5.74) is 0.897. The maximum atomic E-state index is 12.0. The Morgan fingerprint density at radius 1 is 1.33 bits per heavy atom. The first-order valence-corrected chi connectivity index (χ1v) is 5.77. The van der Waals surface area contributed by atoms with Gasteiger partial charge in [-0.1, -0.05) is 12.1 Å². The number of nitrogens with one attached hydrogen (secondary N) is 1. The zero-order valence-electron chi connectivity index (χ0n) is 10.6. The van der Waals surface area contributed by atoms with Crippen LogP contribution in [-0.4, -0.2) is 21.5 Å². The van der Waals surface area contributed by atoms with E-state index in [9.17, 15) is 9.59 Å². The lowest BCUT2D eigenvalue weighted by atomic mass is 10.2. The van der Waals surface area contributed by atoms with Crippen LogP contribution in [0.4, 0.5) is 0 Å². The van der Waals surface area contributed by atoms with E-state index < -0.39 is 5.91 Å². The molecule has 0 aliphatic heterocycles. The number of carbonyl (C=O) groups excluding carboxylic acids is 1. The summed E-state index contributed by atoms with van der Waals surface area (Å²) < 4.78 is 1.44. The quantitative estimate of drug-likeness (QED) is 0.860. The number of aryl methyl sites for hydroxylation is 1. The summed E-state index contributed by atoms with van der Waals surface area (Å²) in [5, 5.41) is 2.68. The average Bonchev–Trinajstić information content (AvgIpc) is 2.33. The zero-order valence-corrected chi connectivity index (χ0v) is 10.6. The van der Waals surface area contributed by atoms with Crippen molar-refractivity contribution in [2.24, 2.45) is 7.05 Å². The van der Waals surface area contributed by atoms with Crippen LogP contribution >= 0.6 is 0 Å². The van der Waals surface area contributed by atoms with E-state index in [-0.39, 0.29) is 17.3 Å². The molecule has 1 aromatic heterocycles. The minimum absolute atomic E-state index is 0.0320. The molecule has 1 N–H and O–H groups in total. The van der Waals surface area contributed by atoms with Gasteiger partial charge in [-0.3, -0.25) is 9.59 Å². The maximum Gasteiger partial charge on any atom is 0.282 e. The Kier molecular flexibility index (Phi) is 3.14. The number of nitrogens with zero attached hydrogens (tertiary/aromatic N) is 2. The Morgan fingerprint density at radius 2 is 2.00 bits per heavy atom. The second kappa shape index (κ2) is 4.60.